The van der Waals surface area contributed by atoms with Crippen LogP contribution >= 0.6 is 50.5 Å². The van der Waals surface area contributed by atoms with Gasteiger partial charge in [-0.2, -0.15) is 0 Å². The van der Waals surface area contributed by atoms with Gasteiger partial charge in [-0.15, -0.1) is 11.3 Å². The smallest absolute Gasteiger partial charge is 0.0931 e. The Hall–Kier alpha value is -0.0600. The zero-order valence-electron chi connectivity index (χ0n) is 11.1. The number of thiophene rings is 1. The summed E-state index contributed by atoms with van der Waals surface area (Å²) in [5.41, 5.74) is 1.15. The van der Waals surface area contributed by atoms with E-state index in [-0.39, 0.29) is 6.04 Å². The zero-order chi connectivity index (χ0) is 14.5. The quantitative estimate of drug-likeness (QED) is 0.625. The minimum absolute atomic E-state index is 0.256. The molecule has 0 aliphatic rings. The molecule has 108 valence electrons. The standard InChI is InChI=1S/C15H16BrCl2NS/c1-2-7-19-13(14-5-6-15(18)20-14)8-10-3-4-11(16)9-12(10)17/h3-6,9,13,19H,2,7-8H2,1H3. The van der Waals surface area contributed by atoms with Gasteiger partial charge in [0.05, 0.1) is 4.34 Å². The van der Waals surface area contributed by atoms with E-state index in [0.29, 0.717) is 0 Å². The topological polar surface area (TPSA) is 12.0 Å². The van der Waals surface area contributed by atoms with Crippen LogP contribution in [0.25, 0.3) is 0 Å². The van der Waals surface area contributed by atoms with Gasteiger partial charge in [-0.3, -0.25) is 0 Å². The van der Waals surface area contributed by atoms with Crippen molar-refractivity contribution in [1.29, 1.82) is 0 Å². The summed E-state index contributed by atoms with van der Waals surface area (Å²) in [4.78, 5) is 1.25. The molecule has 0 bridgehead atoms. The van der Waals surface area contributed by atoms with Crippen molar-refractivity contribution in [3.63, 3.8) is 0 Å². The number of hydrogen-bond acceptors (Lipinski definition) is 2. The fourth-order valence-electron chi connectivity index (χ4n) is 2.01. The lowest BCUT2D eigenvalue weighted by molar-refractivity contribution is 0.536. The molecule has 5 heteroatoms. The van der Waals surface area contributed by atoms with Crippen LogP contribution in [0, 0.1) is 0 Å². The first-order valence-electron chi connectivity index (χ1n) is 6.52. The van der Waals surface area contributed by atoms with Crippen LogP contribution in [0.3, 0.4) is 0 Å². The maximum absolute atomic E-state index is 6.32. The molecule has 0 saturated carbocycles. The van der Waals surface area contributed by atoms with Crippen LogP contribution in [0.4, 0.5) is 0 Å². The lowest BCUT2D eigenvalue weighted by Gasteiger charge is -2.18. The lowest BCUT2D eigenvalue weighted by Crippen LogP contribution is -2.23. The van der Waals surface area contributed by atoms with Crippen molar-refractivity contribution in [3.05, 3.63) is 54.6 Å². The minimum Gasteiger partial charge on any atom is -0.309 e. The van der Waals surface area contributed by atoms with E-state index >= 15 is 0 Å². The molecule has 2 rings (SSSR count). The van der Waals surface area contributed by atoms with Crippen LogP contribution < -0.4 is 5.32 Å². The Morgan fingerprint density at radius 3 is 2.65 bits per heavy atom. The van der Waals surface area contributed by atoms with Crippen molar-refractivity contribution >= 4 is 50.5 Å². The fourth-order valence-corrected chi connectivity index (χ4v) is 3.90. The first-order chi connectivity index (χ1) is 9.60. The fraction of sp³-hybridized carbons (Fsp3) is 0.333. The van der Waals surface area contributed by atoms with Gasteiger partial charge in [-0.25, -0.2) is 0 Å². The van der Waals surface area contributed by atoms with Crippen LogP contribution in [0.1, 0.15) is 29.8 Å². The number of rotatable bonds is 6. The maximum atomic E-state index is 6.32. The van der Waals surface area contributed by atoms with Crippen molar-refractivity contribution in [2.75, 3.05) is 6.54 Å². The molecular weight excluding hydrogens is 377 g/mol. The van der Waals surface area contributed by atoms with Gasteiger partial charge in [-0.1, -0.05) is 52.1 Å². The average Bonchev–Trinajstić information content (AvgIpc) is 2.83. The third kappa shape index (κ3) is 4.47. The Labute approximate surface area is 142 Å². The zero-order valence-corrected chi connectivity index (χ0v) is 15.0. The van der Waals surface area contributed by atoms with Gasteiger partial charge in [0.1, 0.15) is 0 Å². The van der Waals surface area contributed by atoms with Crippen LogP contribution in [0.15, 0.2) is 34.8 Å². The molecule has 1 heterocycles. The molecule has 0 aliphatic carbocycles. The van der Waals surface area contributed by atoms with E-state index in [4.69, 9.17) is 23.2 Å². The van der Waals surface area contributed by atoms with Crippen LogP contribution in [0.5, 0.6) is 0 Å². The third-order valence-corrected chi connectivity index (χ3v) is 5.21. The molecule has 1 atom stereocenters. The monoisotopic (exact) mass is 391 g/mol. The molecule has 0 saturated heterocycles. The highest BCUT2D eigenvalue weighted by molar-refractivity contribution is 9.10. The summed E-state index contributed by atoms with van der Waals surface area (Å²) in [6.45, 7) is 3.15. The number of nitrogens with one attached hydrogen (secondary N) is 1. The third-order valence-electron chi connectivity index (χ3n) is 3.02. The molecule has 1 N–H and O–H groups in total. The summed E-state index contributed by atoms with van der Waals surface area (Å²) in [5, 5.41) is 4.37. The predicted octanol–water partition coefficient (Wildman–Crippen LogP) is 6.10. The summed E-state index contributed by atoms with van der Waals surface area (Å²) in [6.07, 6.45) is 1.96. The van der Waals surface area contributed by atoms with E-state index < -0.39 is 0 Å². The molecule has 1 nitrogen and oxygen atoms in total. The van der Waals surface area contributed by atoms with E-state index in [9.17, 15) is 0 Å². The summed E-state index contributed by atoms with van der Waals surface area (Å²) in [5.74, 6) is 0. The summed E-state index contributed by atoms with van der Waals surface area (Å²) in [7, 11) is 0. The summed E-state index contributed by atoms with van der Waals surface area (Å²) < 4.78 is 1.83. The van der Waals surface area contributed by atoms with Crippen LogP contribution in [-0.2, 0) is 6.42 Å². The lowest BCUT2D eigenvalue weighted by atomic mass is 10.0. The molecule has 0 fully saturated rings. The van der Waals surface area contributed by atoms with Crippen molar-refractivity contribution < 1.29 is 0 Å². The Balaban J connectivity index is 2.18. The first-order valence-corrected chi connectivity index (χ1v) is 8.89. The highest BCUT2D eigenvalue weighted by Gasteiger charge is 2.15. The molecule has 0 radical (unpaired) electrons. The molecule has 1 unspecified atom stereocenters. The van der Waals surface area contributed by atoms with E-state index in [1.54, 1.807) is 11.3 Å². The van der Waals surface area contributed by atoms with Gasteiger partial charge >= 0.3 is 0 Å². The molecule has 1 aromatic heterocycles. The largest absolute Gasteiger partial charge is 0.309 e. The molecule has 0 spiro atoms. The van der Waals surface area contributed by atoms with Gasteiger partial charge < -0.3 is 5.32 Å². The highest BCUT2D eigenvalue weighted by Crippen LogP contribution is 2.31. The van der Waals surface area contributed by atoms with Crippen LogP contribution in [0.2, 0.25) is 9.36 Å². The van der Waals surface area contributed by atoms with Crippen molar-refractivity contribution in [1.82, 2.24) is 5.32 Å². The average molecular weight is 393 g/mol. The van der Waals surface area contributed by atoms with E-state index in [0.717, 1.165) is 38.8 Å². The van der Waals surface area contributed by atoms with Gasteiger partial charge in [0, 0.05) is 20.4 Å². The summed E-state index contributed by atoms with van der Waals surface area (Å²) >= 11 is 17.4. The van der Waals surface area contributed by atoms with Crippen molar-refractivity contribution in [3.8, 4) is 0 Å². The molecule has 0 aliphatic heterocycles. The maximum Gasteiger partial charge on any atom is 0.0931 e. The van der Waals surface area contributed by atoms with Gasteiger partial charge in [0.2, 0.25) is 0 Å². The molecule has 0 amide bonds. The second kappa shape index (κ2) is 7.81. The van der Waals surface area contributed by atoms with E-state index in [2.05, 4.69) is 40.3 Å². The number of halogens is 3. The summed E-state index contributed by atoms with van der Waals surface area (Å²) in [6, 6.07) is 10.3. The van der Waals surface area contributed by atoms with Gasteiger partial charge in [0.25, 0.3) is 0 Å². The molecule has 1 aromatic carbocycles. The van der Waals surface area contributed by atoms with Crippen molar-refractivity contribution in [2.24, 2.45) is 0 Å². The van der Waals surface area contributed by atoms with E-state index in [1.165, 1.54) is 4.88 Å². The van der Waals surface area contributed by atoms with Gasteiger partial charge in [-0.05, 0) is 49.2 Å². The normalized spacial score (nSPS) is 12.6. The Morgan fingerprint density at radius 1 is 1.25 bits per heavy atom. The SMILES string of the molecule is CCCNC(Cc1ccc(Br)cc1Cl)c1ccc(Cl)s1. The molecule has 2 aromatic rings. The van der Waals surface area contributed by atoms with Crippen LogP contribution in [-0.4, -0.2) is 6.54 Å². The Morgan fingerprint density at radius 2 is 2.05 bits per heavy atom. The predicted molar refractivity (Wildman–Crippen MR) is 93.2 cm³/mol. The van der Waals surface area contributed by atoms with Gasteiger partial charge in [0.15, 0.2) is 0 Å². The number of benzene rings is 1. The Kier molecular flexibility index (Phi) is 6.37. The Bertz CT molecular complexity index is 571. The first kappa shape index (κ1) is 16.3. The van der Waals surface area contributed by atoms with Crippen molar-refractivity contribution in [2.45, 2.75) is 25.8 Å². The highest BCUT2D eigenvalue weighted by atomic mass is 79.9. The second-order valence-corrected chi connectivity index (χ2v) is 7.66. The second-order valence-electron chi connectivity index (χ2n) is 4.59. The van der Waals surface area contributed by atoms with E-state index in [1.807, 2.05) is 18.2 Å². The number of hydrogen-bond donors (Lipinski definition) is 1. The minimum atomic E-state index is 0.256. The molecule has 20 heavy (non-hydrogen) atoms. The molecular formula is C15H16BrCl2NS.